The van der Waals surface area contributed by atoms with E-state index in [-0.39, 0.29) is 12.2 Å². The highest BCUT2D eigenvalue weighted by atomic mass is 19.3. The van der Waals surface area contributed by atoms with Crippen molar-refractivity contribution in [3.63, 3.8) is 0 Å². The minimum Gasteiger partial charge on any atom is -0.494 e. The van der Waals surface area contributed by atoms with E-state index in [2.05, 4.69) is 0 Å². The van der Waals surface area contributed by atoms with Gasteiger partial charge in [-0.2, -0.15) is 0 Å². The third kappa shape index (κ3) is 4.19. The van der Waals surface area contributed by atoms with Gasteiger partial charge in [-0.15, -0.1) is 0 Å². The van der Waals surface area contributed by atoms with Gasteiger partial charge < -0.3 is 14.6 Å². The quantitative estimate of drug-likeness (QED) is 0.743. The Labute approximate surface area is 135 Å². The van der Waals surface area contributed by atoms with E-state index in [0.29, 0.717) is 12.4 Å². The average Bonchev–Trinajstić information content (AvgIpc) is 2.47. The van der Waals surface area contributed by atoms with Crippen molar-refractivity contribution in [1.29, 1.82) is 0 Å². The number of esters is 1. The average molecular weight is 330 g/mol. The van der Waals surface area contributed by atoms with E-state index >= 15 is 0 Å². The monoisotopic (exact) mass is 330 g/mol. The number of carbonyl (C=O) groups is 1. The first-order chi connectivity index (χ1) is 10.8. The molecule has 1 rings (SSSR count). The summed E-state index contributed by atoms with van der Waals surface area (Å²) in [6.45, 7) is 6.98. The molecule has 1 N–H and O–H groups in total. The fourth-order valence-corrected chi connectivity index (χ4v) is 2.56. The number of halogens is 2. The van der Waals surface area contributed by atoms with Crippen LogP contribution in [0.15, 0.2) is 24.3 Å². The predicted molar refractivity (Wildman–Crippen MR) is 82.5 cm³/mol. The summed E-state index contributed by atoms with van der Waals surface area (Å²) in [5, 5.41) is 11.0. The first-order valence-corrected chi connectivity index (χ1v) is 7.69. The fourth-order valence-electron chi connectivity index (χ4n) is 2.56. The maximum atomic E-state index is 13.5. The molecule has 0 spiro atoms. The van der Waals surface area contributed by atoms with Gasteiger partial charge in [-0.1, -0.05) is 26.0 Å². The Morgan fingerprint density at radius 1 is 1.17 bits per heavy atom. The number of carbonyl (C=O) groups excluding carboxylic acids is 1. The highest BCUT2D eigenvalue weighted by molar-refractivity contribution is 5.75. The van der Waals surface area contributed by atoms with Crippen molar-refractivity contribution in [2.45, 2.75) is 39.7 Å². The summed E-state index contributed by atoms with van der Waals surface area (Å²) in [4.78, 5) is 12.0. The van der Waals surface area contributed by atoms with Gasteiger partial charge in [0.1, 0.15) is 11.4 Å². The molecule has 130 valence electrons. The molecule has 0 amide bonds. The molecule has 0 radical (unpaired) electrons. The van der Waals surface area contributed by atoms with Crippen molar-refractivity contribution in [2.75, 3.05) is 13.2 Å². The Kier molecular flexibility index (Phi) is 6.94. The maximum Gasteiger partial charge on any atom is 0.318 e. The van der Waals surface area contributed by atoms with Crippen LogP contribution < -0.4 is 4.74 Å². The maximum absolute atomic E-state index is 13.5. The smallest absolute Gasteiger partial charge is 0.318 e. The van der Waals surface area contributed by atoms with Gasteiger partial charge in [-0.3, -0.25) is 4.79 Å². The molecule has 0 heterocycles. The highest BCUT2D eigenvalue weighted by Gasteiger charge is 2.51. The molecule has 0 aliphatic carbocycles. The number of alkyl halides is 2. The highest BCUT2D eigenvalue weighted by Crippen LogP contribution is 2.41. The van der Waals surface area contributed by atoms with Crippen LogP contribution in [0.4, 0.5) is 8.78 Å². The van der Waals surface area contributed by atoms with Gasteiger partial charge >= 0.3 is 5.97 Å². The van der Waals surface area contributed by atoms with E-state index in [4.69, 9.17) is 9.47 Å². The summed E-state index contributed by atoms with van der Waals surface area (Å²) in [6.07, 6.45) is -3.05. The molecule has 0 aliphatic rings. The molecule has 6 heteroatoms. The lowest BCUT2D eigenvalue weighted by molar-refractivity contribution is -0.178. The van der Waals surface area contributed by atoms with Crippen LogP contribution in [0.1, 0.15) is 33.3 Å². The number of hydrogen-bond acceptors (Lipinski definition) is 4. The zero-order valence-corrected chi connectivity index (χ0v) is 13.9. The van der Waals surface area contributed by atoms with Crippen LogP contribution in [0, 0.1) is 11.8 Å². The lowest BCUT2D eigenvalue weighted by Gasteiger charge is -2.38. The second kappa shape index (κ2) is 8.24. The van der Waals surface area contributed by atoms with Crippen molar-refractivity contribution in [3.8, 4) is 5.75 Å². The van der Waals surface area contributed by atoms with Crippen molar-refractivity contribution in [1.82, 2.24) is 0 Å². The molecule has 0 saturated heterocycles. The Bertz CT molecular complexity index is 502. The standard InChI is InChI=1S/C17H24F2O4/c1-5-22-13-9-7-12(8-10-13)17(21,11(3)4)14(15(18)19)16(20)23-6-2/h7-11,14-15,21H,5-6H2,1-4H3. The zero-order valence-electron chi connectivity index (χ0n) is 13.9. The number of hydrogen-bond donors (Lipinski definition) is 1. The third-order valence-corrected chi connectivity index (χ3v) is 3.77. The number of rotatable bonds is 8. The third-order valence-electron chi connectivity index (χ3n) is 3.77. The Balaban J connectivity index is 3.30. The summed E-state index contributed by atoms with van der Waals surface area (Å²) < 4.78 is 37.1. The molecule has 0 saturated carbocycles. The minimum absolute atomic E-state index is 0.0283. The molecule has 2 unspecified atom stereocenters. The molecule has 4 nitrogen and oxygen atoms in total. The van der Waals surface area contributed by atoms with Gasteiger partial charge in [0.2, 0.25) is 0 Å². The topological polar surface area (TPSA) is 55.8 Å². The van der Waals surface area contributed by atoms with Crippen LogP contribution in [0.2, 0.25) is 0 Å². The van der Waals surface area contributed by atoms with Crippen LogP contribution in [-0.4, -0.2) is 30.7 Å². The van der Waals surface area contributed by atoms with Crippen LogP contribution in [-0.2, 0) is 15.1 Å². The second-order valence-electron chi connectivity index (χ2n) is 5.50. The van der Waals surface area contributed by atoms with Crippen molar-refractivity contribution < 1.29 is 28.2 Å². The molecule has 0 aromatic heterocycles. The zero-order chi connectivity index (χ0) is 17.6. The van der Waals surface area contributed by atoms with Gasteiger partial charge in [0.15, 0.2) is 5.92 Å². The van der Waals surface area contributed by atoms with E-state index < -0.39 is 29.8 Å². The number of ether oxygens (including phenoxy) is 2. The minimum atomic E-state index is -3.05. The molecular weight excluding hydrogens is 306 g/mol. The van der Waals surface area contributed by atoms with Gasteiger partial charge in [0.25, 0.3) is 6.43 Å². The van der Waals surface area contributed by atoms with Crippen molar-refractivity contribution >= 4 is 5.97 Å². The van der Waals surface area contributed by atoms with E-state index in [1.165, 1.54) is 19.1 Å². The first kappa shape index (κ1) is 19.4. The van der Waals surface area contributed by atoms with Crippen LogP contribution in [0.5, 0.6) is 5.75 Å². The van der Waals surface area contributed by atoms with E-state index in [0.717, 1.165) is 0 Å². The predicted octanol–water partition coefficient (Wildman–Crippen LogP) is 3.37. The van der Waals surface area contributed by atoms with Gasteiger partial charge in [-0.25, -0.2) is 8.78 Å². The summed E-state index contributed by atoms with van der Waals surface area (Å²) >= 11 is 0. The summed E-state index contributed by atoms with van der Waals surface area (Å²) in [5.41, 5.74) is -1.81. The normalized spacial score (nSPS) is 15.3. The largest absolute Gasteiger partial charge is 0.494 e. The Morgan fingerprint density at radius 3 is 2.13 bits per heavy atom. The molecule has 0 bridgehead atoms. The lowest BCUT2D eigenvalue weighted by atomic mass is 9.73. The van der Waals surface area contributed by atoms with Gasteiger partial charge in [-0.05, 0) is 37.5 Å². The molecule has 0 aliphatic heterocycles. The SMILES string of the molecule is CCOC(=O)C(C(F)F)C(O)(c1ccc(OCC)cc1)C(C)C. The van der Waals surface area contributed by atoms with E-state index in [1.807, 2.05) is 6.92 Å². The molecular formula is C17H24F2O4. The second-order valence-corrected chi connectivity index (χ2v) is 5.50. The Morgan fingerprint density at radius 2 is 1.74 bits per heavy atom. The fraction of sp³-hybridized carbons (Fsp3) is 0.588. The van der Waals surface area contributed by atoms with Gasteiger partial charge in [0.05, 0.1) is 13.2 Å². The van der Waals surface area contributed by atoms with Gasteiger partial charge in [0, 0.05) is 0 Å². The summed E-state index contributed by atoms with van der Waals surface area (Å²) in [7, 11) is 0. The van der Waals surface area contributed by atoms with E-state index in [1.54, 1.807) is 26.0 Å². The van der Waals surface area contributed by atoms with Crippen LogP contribution in [0.25, 0.3) is 0 Å². The summed E-state index contributed by atoms with van der Waals surface area (Å²) in [5.74, 6) is -3.12. The molecule has 0 fully saturated rings. The molecule has 1 aromatic rings. The van der Waals surface area contributed by atoms with E-state index in [9.17, 15) is 18.7 Å². The summed E-state index contributed by atoms with van der Waals surface area (Å²) in [6, 6.07) is 6.17. The molecule has 1 aromatic carbocycles. The Hall–Kier alpha value is -1.69. The lowest BCUT2D eigenvalue weighted by Crippen LogP contribution is -2.48. The number of aliphatic hydroxyl groups is 1. The van der Waals surface area contributed by atoms with Crippen molar-refractivity contribution in [3.05, 3.63) is 29.8 Å². The first-order valence-electron chi connectivity index (χ1n) is 7.69. The van der Waals surface area contributed by atoms with Crippen LogP contribution in [0.3, 0.4) is 0 Å². The van der Waals surface area contributed by atoms with Crippen molar-refractivity contribution in [2.24, 2.45) is 11.8 Å². The van der Waals surface area contributed by atoms with Crippen LogP contribution >= 0.6 is 0 Å². The number of benzene rings is 1. The molecule has 2 atom stereocenters. The molecule has 23 heavy (non-hydrogen) atoms.